The molecular formula is C20H36IN3O3. The van der Waals surface area contributed by atoms with Gasteiger partial charge in [0.05, 0.1) is 18.4 Å². The normalized spacial score (nSPS) is 19.0. The van der Waals surface area contributed by atoms with E-state index < -0.39 is 5.60 Å². The van der Waals surface area contributed by atoms with Crippen molar-refractivity contribution in [2.45, 2.75) is 70.5 Å². The number of hydrogen-bond acceptors (Lipinski definition) is 4. The molecule has 27 heavy (non-hydrogen) atoms. The van der Waals surface area contributed by atoms with Gasteiger partial charge >= 0.3 is 0 Å². The van der Waals surface area contributed by atoms with Gasteiger partial charge in [-0.25, -0.2) is 4.99 Å². The number of hydrogen-bond donors (Lipinski definition) is 3. The lowest BCUT2D eigenvalue weighted by atomic mass is 9.84. The Bertz CT molecular complexity index is 541. The van der Waals surface area contributed by atoms with Crippen LogP contribution in [-0.4, -0.2) is 42.9 Å². The van der Waals surface area contributed by atoms with Crippen LogP contribution < -0.4 is 10.6 Å². The second kappa shape index (κ2) is 11.9. The zero-order valence-electron chi connectivity index (χ0n) is 16.9. The molecule has 0 saturated heterocycles. The Kier molecular flexibility index (Phi) is 10.7. The Morgan fingerprint density at radius 1 is 1.30 bits per heavy atom. The Balaban J connectivity index is 0.00000364. The van der Waals surface area contributed by atoms with Crippen LogP contribution in [0.1, 0.15) is 65.1 Å². The summed E-state index contributed by atoms with van der Waals surface area (Å²) in [6.45, 7) is 8.41. The molecule has 2 rings (SSSR count). The standard InChI is InChI=1S/C20H35N3O3.HI/c1-4-13-26-20(11-7-6-8-12-20)16-23-18(21-5-2)22-15-19(3,24)17-10-9-14-25-17;/h9-10,14,24H,4-8,11-13,15-16H2,1-3H3,(H2,21,22,23);1H. The monoisotopic (exact) mass is 493 g/mol. The minimum Gasteiger partial charge on any atom is -0.466 e. The minimum atomic E-state index is -1.13. The zero-order valence-corrected chi connectivity index (χ0v) is 19.3. The Hall–Kier alpha value is -0.800. The Morgan fingerprint density at radius 2 is 2.04 bits per heavy atom. The summed E-state index contributed by atoms with van der Waals surface area (Å²) in [4.78, 5) is 4.57. The molecule has 3 N–H and O–H groups in total. The van der Waals surface area contributed by atoms with Crippen LogP contribution in [0.3, 0.4) is 0 Å². The quantitative estimate of drug-likeness (QED) is 0.277. The lowest BCUT2D eigenvalue weighted by molar-refractivity contribution is -0.0657. The number of furan rings is 1. The molecule has 0 radical (unpaired) electrons. The molecule has 1 fully saturated rings. The highest BCUT2D eigenvalue weighted by molar-refractivity contribution is 14.0. The van der Waals surface area contributed by atoms with E-state index >= 15 is 0 Å². The number of aliphatic hydroxyl groups is 1. The second-order valence-corrected chi connectivity index (χ2v) is 7.39. The molecule has 0 spiro atoms. The van der Waals surface area contributed by atoms with Crippen LogP contribution in [0.2, 0.25) is 0 Å². The van der Waals surface area contributed by atoms with E-state index in [0.717, 1.165) is 39.0 Å². The molecule has 6 nitrogen and oxygen atoms in total. The average molecular weight is 493 g/mol. The van der Waals surface area contributed by atoms with Gasteiger partial charge in [0.1, 0.15) is 11.4 Å². The SMILES string of the molecule is CCCOC1(CNC(=NCC(C)(O)c2ccco2)NCC)CCCCC1.I. The fourth-order valence-corrected chi connectivity index (χ4v) is 3.37. The molecule has 1 aromatic heterocycles. The number of halogens is 1. The number of guanidine groups is 1. The first kappa shape index (κ1) is 24.2. The van der Waals surface area contributed by atoms with Gasteiger partial charge in [-0.05, 0) is 45.2 Å². The first-order chi connectivity index (χ1) is 12.5. The molecule has 0 aliphatic heterocycles. The van der Waals surface area contributed by atoms with E-state index in [1.54, 1.807) is 25.3 Å². The summed E-state index contributed by atoms with van der Waals surface area (Å²) in [5, 5.41) is 17.3. The number of nitrogens with one attached hydrogen (secondary N) is 2. The summed E-state index contributed by atoms with van der Waals surface area (Å²) >= 11 is 0. The molecule has 156 valence electrons. The minimum absolute atomic E-state index is 0. The van der Waals surface area contributed by atoms with Crippen LogP contribution in [0, 0.1) is 0 Å². The third-order valence-electron chi connectivity index (χ3n) is 4.90. The Labute approximate surface area is 180 Å². The van der Waals surface area contributed by atoms with Crippen molar-refractivity contribution in [3.8, 4) is 0 Å². The van der Waals surface area contributed by atoms with Crippen molar-refractivity contribution in [2.24, 2.45) is 4.99 Å². The molecule has 1 heterocycles. The van der Waals surface area contributed by atoms with Crippen molar-refractivity contribution in [1.29, 1.82) is 0 Å². The summed E-state index contributed by atoms with van der Waals surface area (Å²) in [7, 11) is 0. The third-order valence-corrected chi connectivity index (χ3v) is 4.90. The van der Waals surface area contributed by atoms with Gasteiger partial charge in [0.25, 0.3) is 0 Å². The maximum Gasteiger partial charge on any atom is 0.191 e. The van der Waals surface area contributed by atoms with Crippen LogP contribution in [0.25, 0.3) is 0 Å². The van der Waals surface area contributed by atoms with Crippen molar-refractivity contribution < 1.29 is 14.3 Å². The number of rotatable bonds is 9. The summed E-state index contributed by atoms with van der Waals surface area (Å²) in [6, 6.07) is 3.54. The third kappa shape index (κ3) is 7.62. The highest BCUT2D eigenvalue weighted by Crippen LogP contribution is 2.31. The molecule has 1 aromatic rings. The van der Waals surface area contributed by atoms with Crippen molar-refractivity contribution in [3.05, 3.63) is 24.2 Å². The van der Waals surface area contributed by atoms with Crippen molar-refractivity contribution in [3.63, 3.8) is 0 Å². The van der Waals surface area contributed by atoms with E-state index in [4.69, 9.17) is 9.15 Å². The molecule has 0 bridgehead atoms. The maximum atomic E-state index is 10.6. The molecule has 0 amide bonds. The van der Waals surface area contributed by atoms with E-state index in [1.807, 2.05) is 6.92 Å². The molecule has 1 saturated carbocycles. The van der Waals surface area contributed by atoms with E-state index in [0.29, 0.717) is 11.7 Å². The average Bonchev–Trinajstić information content (AvgIpc) is 3.19. The molecular weight excluding hydrogens is 457 g/mol. The topological polar surface area (TPSA) is 79.0 Å². The predicted molar refractivity (Wildman–Crippen MR) is 120 cm³/mol. The predicted octanol–water partition coefficient (Wildman–Crippen LogP) is 3.79. The van der Waals surface area contributed by atoms with Gasteiger partial charge in [-0.1, -0.05) is 26.2 Å². The zero-order chi connectivity index (χ0) is 18.9. The first-order valence-corrected chi connectivity index (χ1v) is 9.94. The molecule has 1 unspecified atom stereocenters. The number of ether oxygens (including phenoxy) is 1. The first-order valence-electron chi connectivity index (χ1n) is 9.94. The highest BCUT2D eigenvalue weighted by atomic mass is 127. The van der Waals surface area contributed by atoms with Gasteiger partial charge in [0.15, 0.2) is 5.96 Å². The smallest absolute Gasteiger partial charge is 0.191 e. The lowest BCUT2D eigenvalue weighted by Crippen LogP contribution is -2.50. The number of aliphatic imine (C=N–C) groups is 1. The Morgan fingerprint density at radius 3 is 2.63 bits per heavy atom. The summed E-state index contributed by atoms with van der Waals surface area (Å²) in [6.07, 6.45) is 8.49. The van der Waals surface area contributed by atoms with Crippen molar-refractivity contribution in [1.82, 2.24) is 10.6 Å². The van der Waals surface area contributed by atoms with Crippen LogP contribution in [0.5, 0.6) is 0 Å². The fourth-order valence-electron chi connectivity index (χ4n) is 3.37. The second-order valence-electron chi connectivity index (χ2n) is 7.39. The van der Waals surface area contributed by atoms with E-state index in [1.165, 1.54) is 19.3 Å². The highest BCUT2D eigenvalue weighted by Gasteiger charge is 2.33. The fraction of sp³-hybridized carbons (Fsp3) is 0.750. The molecule has 1 aliphatic rings. The van der Waals surface area contributed by atoms with Crippen molar-refractivity contribution >= 4 is 29.9 Å². The van der Waals surface area contributed by atoms with E-state index in [9.17, 15) is 5.11 Å². The maximum absolute atomic E-state index is 10.6. The van der Waals surface area contributed by atoms with Gasteiger partial charge in [0.2, 0.25) is 0 Å². The van der Waals surface area contributed by atoms with Gasteiger partial charge in [-0.3, -0.25) is 0 Å². The van der Waals surface area contributed by atoms with Crippen LogP contribution in [0.15, 0.2) is 27.8 Å². The lowest BCUT2D eigenvalue weighted by Gasteiger charge is -2.37. The van der Waals surface area contributed by atoms with E-state index in [2.05, 4.69) is 22.5 Å². The van der Waals surface area contributed by atoms with Crippen molar-refractivity contribution in [2.75, 3.05) is 26.2 Å². The summed E-state index contributed by atoms with van der Waals surface area (Å²) < 4.78 is 11.6. The van der Waals surface area contributed by atoms with Crippen LogP contribution in [-0.2, 0) is 10.3 Å². The van der Waals surface area contributed by atoms with Crippen LogP contribution >= 0.6 is 24.0 Å². The van der Waals surface area contributed by atoms with Gasteiger partial charge in [-0.2, -0.15) is 0 Å². The molecule has 0 aromatic carbocycles. The largest absolute Gasteiger partial charge is 0.466 e. The summed E-state index contributed by atoms with van der Waals surface area (Å²) in [5.74, 6) is 1.22. The molecule has 1 aliphatic carbocycles. The van der Waals surface area contributed by atoms with E-state index in [-0.39, 0.29) is 36.1 Å². The molecule has 1 atom stereocenters. The van der Waals surface area contributed by atoms with Gasteiger partial charge in [0, 0.05) is 19.7 Å². The van der Waals surface area contributed by atoms with Crippen LogP contribution in [0.4, 0.5) is 0 Å². The van der Waals surface area contributed by atoms with Gasteiger partial charge < -0.3 is 24.9 Å². The molecule has 7 heteroatoms. The van der Waals surface area contributed by atoms with Gasteiger partial charge in [-0.15, -0.1) is 24.0 Å². The number of nitrogens with zero attached hydrogens (tertiary/aromatic N) is 1. The summed E-state index contributed by atoms with van der Waals surface area (Å²) in [5.41, 5.74) is -1.24.